The third kappa shape index (κ3) is 1.73. The molecule has 1 heterocycles. The van der Waals surface area contributed by atoms with E-state index in [4.69, 9.17) is 15.0 Å². The monoisotopic (exact) mass is 150 g/mol. The summed E-state index contributed by atoms with van der Waals surface area (Å²) >= 11 is 0. The number of aliphatic hydroxyl groups excluding tert-OH is 2. The third-order valence-corrected chi connectivity index (χ3v) is 2.76. The van der Waals surface area contributed by atoms with Crippen molar-refractivity contribution in [3.63, 3.8) is 0 Å². The Hall–Kier alpha value is 0.0569. The number of hydrogen-bond donors (Lipinski definition) is 3. The van der Waals surface area contributed by atoms with Gasteiger partial charge in [0.2, 0.25) is 0 Å². The fourth-order valence-electron chi connectivity index (χ4n) is 0.776. The van der Waals surface area contributed by atoms with Crippen LogP contribution < -0.4 is 0 Å². The standard InChI is InChI=1S/C4H10O4Si/c5-3-1-2-9(7)8-4(3)6/h3-7,9H,1-2H2. The van der Waals surface area contributed by atoms with Crippen LogP contribution in [0.1, 0.15) is 6.42 Å². The molecule has 1 aliphatic rings. The predicted molar refractivity (Wildman–Crippen MR) is 31.9 cm³/mol. The highest BCUT2D eigenvalue weighted by Crippen LogP contribution is 2.14. The van der Waals surface area contributed by atoms with Crippen molar-refractivity contribution in [2.24, 2.45) is 0 Å². The number of rotatable bonds is 0. The molecule has 1 fully saturated rings. The van der Waals surface area contributed by atoms with Gasteiger partial charge in [-0.1, -0.05) is 0 Å². The Bertz CT molecular complexity index is 98.6. The molecule has 0 saturated carbocycles. The smallest absolute Gasteiger partial charge is 0.320 e. The Morgan fingerprint density at radius 2 is 2.11 bits per heavy atom. The van der Waals surface area contributed by atoms with Crippen molar-refractivity contribution in [1.29, 1.82) is 0 Å². The summed E-state index contributed by atoms with van der Waals surface area (Å²) in [5.74, 6) is 0. The summed E-state index contributed by atoms with van der Waals surface area (Å²) in [5, 5.41) is 17.6. The summed E-state index contributed by atoms with van der Waals surface area (Å²) in [6.45, 7) is 0. The molecule has 0 amide bonds. The molecule has 9 heavy (non-hydrogen) atoms. The van der Waals surface area contributed by atoms with Gasteiger partial charge < -0.3 is 19.4 Å². The first-order valence-corrected chi connectivity index (χ1v) is 4.70. The van der Waals surface area contributed by atoms with Crippen molar-refractivity contribution in [1.82, 2.24) is 0 Å². The summed E-state index contributed by atoms with van der Waals surface area (Å²) in [7, 11) is -2.10. The minimum Gasteiger partial charge on any atom is -0.413 e. The second-order valence-electron chi connectivity index (χ2n) is 2.13. The third-order valence-electron chi connectivity index (χ3n) is 1.34. The molecule has 1 aliphatic heterocycles. The van der Waals surface area contributed by atoms with E-state index in [2.05, 4.69) is 4.43 Å². The van der Waals surface area contributed by atoms with E-state index in [9.17, 15) is 0 Å². The van der Waals surface area contributed by atoms with Gasteiger partial charge in [0, 0.05) is 0 Å². The molecule has 4 nitrogen and oxygen atoms in total. The molecule has 54 valence electrons. The zero-order valence-corrected chi connectivity index (χ0v) is 6.05. The van der Waals surface area contributed by atoms with Crippen LogP contribution in [0.3, 0.4) is 0 Å². The van der Waals surface area contributed by atoms with Gasteiger partial charge in [0.25, 0.3) is 0 Å². The van der Waals surface area contributed by atoms with Crippen molar-refractivity contribution in [2.45, 2.75) is 24.9 Å². The summed E-state index contributed by atoms with van der Waals surface area (Å²) in [6, 6.07) is 0.526. The zero-order valence-electron chi connectivity index (χ0n) is 4.90. The average Bonchev–Trinajstić information content (AvgIpc) is 1.80. The van der Waals surface area contributed by atoms with E-state index in [0.717, 1.165) is 0 Å². The highest BCUT2D eigenvalue weighted by atomic mass is 28.3. The molecular weight excluding hydrogens is 140 g/mol. The average molecular weight is 150 g/mol. The van der Waals surface area contributed by atoms with Gasteiger partial charge in [-0.05, 0) is 12.5 Å². The topological polar surface area (TPSA) is 69.9 Å². The van der Waals surface area contributed by atoms with Gasteiger partial charge in [-0.15, -0.1) is 0 Å². The van der Waals surface area contributed by atoms with Crippen LogP contribution in [0.5, 0.6) is 0 Å². The Labute approximate surface area is 54.5 Å². The lowest BCUT2D eigenvalue weighted by atomic mass is 10.3. The first kappa shape index (κ1) is 7.17. The molecule has 3 N–H and O–H groups in total. The molecular formula is C4H10O4Si. The van der Waals surface area contributed by atoms with Crippen molar-refractivity contribution in [3.8, 4) is 0 Å². The molecule has 0 aliphatic carbocycles. The maximum Gasteiger partial charge on any atom is 0.320 e. The summed E-state index contributed by atoms with van der Waals surface area (Å²) in [4.78, 5) is 8.84. The molecule has 1 saturated heterocycles. The lowest BCUT2D eigenvalue weighted by Gasteiger charge is -2.26. The summed E-state index contributed by atoms with van der Waals surface area (Å²) < 4.78 is 4.60. The maximum atomic E-state index is 8.84. The van der Waals surface area contributed by atoms with Crippen molar-refractivity contribution >= 4 is 9.28 Å². The minimum absolute atomic E-state index is 0.453. The predicted octanol–water partition coefficient (Wildman–Crippen LogP) is -1.70. The highest BCUT2D eigenvalue weighted by Gasteiger charge is 2.27. The van der Waals surface area contributed by atoms with E-state index in [-0.39, 0.29) is 0 Å². The first-order chi connectivity index (χ1) is 4.20. The van der Waals surface area contributed by atoms with Crippen LogP contribution in [0.15, 0.2) is 0 Å². The Balaban J connectivity index is 2.35. The SMILES string of the molecule is OC1CC[SiH](O)OC1O. The Morgan fingerprint density at radius 3 is 2.56 bits per heavy atom. The second kappa shape index (κ2) is 2.76. The molecule has 5 heteroatoms. The normalized spacial score (nSPS) is 45.0. The van der Waals surface area contributed by atoms with E-state index >= 15 is 0 Å². The molecule has 0 aromatic carbocycles. The van der Waals surface area contributed by atoms with Crippen LogP contribution in [0.4, 0.5) is 0 Å². The Morgan fingerprint density at radius 1 is 1.44 bits per heavy atom. The summed E-state index contributed by atoms with van der Waals surface area (Å²) in [6.07, 6.45) is -1.50. The summed E-state index contributed by atoms with van der Waals surface area (Å²) in [5.41, 5.74) is 0. The van der Waals surface area contributed by atoms with Gasteiger partial charge in [0.1, 0.15) is 6.10 Å². The molecule has 3 atom stereocenters. The van der Waals surface area contributed by atoms with Crippen LogP contribution in [0, 0.1) is 0 Å². The lowest BCUT2D eigenvalue weighted by Crippen LogP contribution is -2.40. The van der Waals surface area contributed by atoms with Gasteiger partial charge in [-0.25, -0.2) is 0 Å². The van der Waals surface area contributed by atoms with Crippen LogP contribution in [-0.4, -0.2) is 36.7 Å². The molecule has 0 aromatic rings. The zero-order chi connectivity index (χ0) is 6.85. The van der Waals surface area contributed by atoms with Crippen LogP contribution in [0.2, 0.25) is 6.04 Å². The molecule has 1 rings (SSSR count). The Kier molecular flexibility index (Phi) is 2.20. The van der Waals surface area contributed by atoms with Crippen LogP contribution in [-0.2, 0) is 4.43 Å². The molecule has 0 spiro atoms. The fourth-order valence-corrected chi connectivity index (χ4v) is 2.04. The van der Waals surface area contributed by atoms with E-state index in [1.807, 2.05) is 0 Å². The molecule has 3 unspecified atom stereocenters. The van der Waals surface area contributed by atoms with Gasteiger partial charge in [-0.3, -0.25) is 0 Å². The van der Waals surface area contributed by atoms with Gasteiger partial charge in [0.15, 0.2) is 6.29 Å². The van der Waals surface area contributed by atoms with E-state index in [1.54, 1.807) is 0 Å². The van der Waals surface area contributed by atoms with Crippen molar-refractivity contribution < 1.29 is 19.4 Å². The molecule has 0 bridgehead atoms. The van der Waals surface area contributed by atoms with Gasteiger partial charge in [-0.2, -0.15) is 0 Å². The highest BCUT2D eigenvalue weighted by molar-refractivity contribution is 6.42. The van der Waals surface area contributed by atoms with Gasteiger partial charge >= 0.3 is 9.28 Å². The quantitative estimate of drug-likeness (QED) is 0.360. The van der Waals surface area contributed by atoms with Crippen LogP contribution in [0.25, 0.3) is 0 Å². The van der Waals surface area contributed by atoms with E-state index in [1.165, 1.54) is 0 Å². The number of aliphatic hydroxyl groups is 2. The maximum absolute atomic E-state index is 8.84. The van der Waals surface area contributed by atoms with E-state index in [0.29, 0.717) is 12.5 Å². The number of hydrogen-bond acceptors (Lipinski definition) is 4. The van der Waals surface area contributed by atoms with Crippen LogP contribution >= 0.6 is 0 Å². The minimum atomic E-state index is -2.10. The van der Waals surface area contributed by atoms with E-state index < -0.39 is 21.7 Å². The van der Waals surface area contributed by atoms with Gasteiger partial charge in [0.05, 0.1) is 0 Å². The lowest BCUT2D eigenvalue weighted by molar-refractivity contribution is -0.125. The largest absolute Gasteiger partial charge is 0.413 e. The molecule has 0 aromatic heterocycles. The fraction of sp³-hybridized carbons (Fsp3) is 1.00. The van der Waals surface area contributed by atoms with Crippen molar-refractivity contribution in [2.75, 3.05) is 0 Å². The van der Waals surface area contributed by atoms with Crippen molar-refractivity contribution in [3.05, 3.63) is 0 Å². The molecule has 0 radical (unpaired) electrons. The second-order valence-corrected chi connectivity index (χ2v) is 3.88. The first-order valence-electron chi connectivity index (χ1n) is 2.90.